The zero-order valence-corrected chi connectivity index (χ0v) is 8.29. The van der Waals surface area contributed by atoms with Gasteiger partial charge in [0, 0.05) is 6.54 Å². The van der Waals surface area contributed by atoms with Gasteiger partial charge in [0.15, 0.2) is 0 Å². The van der Waals surface area contributed by atoms with Gasteiger partial charge in [0.05, 0.1) is 12.3 Å². The van der Waals surface area contributed by atoms with Gasteiger partial charge in [-0.3, -0.25) is 0 Å². The first-order chi connectivity index (χ1) is 6.38. The van der Waals surface area contributed by atoms with Crippen LogP contribution in [0, 0.1) is 0 Å². The molecule has 4 nitrogen and oxygen atoms in total. The summed E-state index contributed by atoms with van der Waals surface area (Å²) >= 11 is 0. The van der Waals surface area contributed by atoms with Gasteiger partial charge in [-0.05, 0) is 0 Å². The van der Waals surface area contributed by atoms with E-state index in [0.717, 1.165) is 0 Å². The Hall–Kier alpha value is -0.480. The summed E-state index contributed by atoms with van der Waals surface area (Å²) in [4.78, 5) is 0. The third kappa shape index (κ3) is 4.26. The summed E-state index contributed by atoms with van der Waals surface area (Å²) in [6.45, 7) is -1.19. The number of hydrogen-bond donors (Lipinski definition) is 2. The molecule has 15 heavy (non-hydrogen) atoms. The van der Waals surface area contributed by atoms with Crippen molar-refractivity contribution in [2.75, 3.05) is 12.8 Å². The number of rotatable bonds is 4. The summed E-state index contributed by atoms with van der Waals surface area (Å²) in [6, 6.07) is -2.66. The van der Waals surface area contributed by atoms with E-state index < -0.39 is 34.7 Å². The van der Waals surface area contributed by atoms with E-state index in [0.29, 0.717) is 6.26 Å². The summed E-state index contributed by atoms with van der Waals surface area (Å²) in [5.74, 6) is -5.13. The number of nitrogens with one attached hydrogen (secondary N) is 1. The minimum atomic E-state index is -5.80. The van der Waals surface area contributed by atoms with Gasteiger partial charge in [-0.25, -0.2) is 13.1 Å². The molecule has 0 amide bonds. The van der Waals surface area contributed by atoms with Crippen molar-refractivity contribution in [1.29, 1.82) is 0 Å². The lowest BCUT2D eigenvalue weighted by molar-refractivity contribution is -0.288. The number of alkyl halides is 5. The predicted molar refractivity (Wildman–Crippen MR) is 41.8 cm³/mol. The molecule has 0 aromatic rings. The topological polar surface area (TPSA) is 72.2 Å². The summed E-state index contributed by atoms with van der Waals surface area (Å²) in [5.41, 5.74) is 4.55. The number of nitrogens with two attached hydrogens (primary N) is 1. The highest BCUT2D eigenvalue weighted by Gasteiger charge is 2.61. The van der Waals surface area contributed by atoms with Gasteiger partial charge >= 0.3 is 12.1 Å². The van der Waals surface area contributed by atoms with Gasteiger partial charge in [-0.2, -0.15) is 22.0 Å². The second kappa shape index (κ2) is 4.18. The lowest BCUT2D eigenvalue weighted by Crippen LogP contribution is -2.56. The molecule has 0 aliphatic rings. The fourth-order valence-corrected chi connectivity index (χ4v) is 1.06. The van der Waals surface area contributed by atoms with Crippen LogP contribution in [0.5, 0.6) is 0 Å². The molecule has 0 radical (unpaired) electrons. The molecule has 0 rings (SSSR count). The number of sulfonamides is 1. The average molecular weight is 256 g/mol. The molecule has 0 aromatic heterocycles. The lowest BCUT2D eigenvalue weighted by Gasteiger charge is -2.25. The van der Waals surface area contributed by atoms with E-state index in [1.807, 2.05) is 0 Å². The Balaban J connectivity index is 4.53. The molecule has 3 N–H and O–H groups in total. The van der Waals surface area contributed by atoms with Crippen LogP contribution in [0.3, 0.4) is 0 Å². The van der Waals surface area contributed by atoms with E-state index in [-0.39, 0.29) is 0 Å². The Bertz CT molecular complexity index is 312. The molecule has 0 heterocycles. The van der Waals surface area contributed by atoms with Crippen molar-refractivity contribution in [3.8, 4) is 0 Å². The third-order valence-electron chi connectivity index (χ3n) is 1.41. The second-order valence-electron chi connectivity index (χ2n) is 2.85. The molecule has 0 aliphatic carbocycles. The molecule has 0 aromatic carbocycles. The highest BCUT2D eigenvalue weighted by atomic mass is 32.2. The first-order valence-corrected chi connectivity index (χ1v) is 5.42. The van der Waals surface area contributed by atoms with Crippen molar-refractivity contribution in [2.45, 2.75) is 18.1 Å². The molecule has 0 bridgehead atoms. The van der Waals surface area contributed by atoms with Crippen LogP contribution in [0.2, 0.25) is 0 Å². The number of halogens is 5. The molecule has 0 spiro atoms. The lowest BCUT2D eigenvalue weighted by atomic mass is 10.1. The van der Waals surface area contributed by atoms with Crippen molar-refractivity contribution in [2.24, 2.45) is 5.73 Å². The molecule has 1 unspecified atom stereocenters. The minimum Gasteiger partial charge on any atom is -0.321 e. The molecule has 92 valence electrons. The van der Waals surface area contributed by atoms with Gasteiger partial charge < -0.3 is 5.73 Å². The van der Waals surface area contributed by atoms with Crippen LogP contribution < -0.4 is 10.5 Å². The van der Waals surface area contributed by atoms with Crippen molar-refractivity contribution >= 4 is 10.0 Å². The maximum Gasteiger partial charge on any atom is 0.454 e. The van der Waals surface area contributed by atoms with Crippen LogP contribution in [-0.2, 0) is 10.0 Å². The standard InChI is InChI=1S/C5H9F5N2O2S/c1-15(13,14)12-2-3(11)4(6,7)5(8,9)10/h3,12H,2,11H2,1H3. The molecular formula is C5H9F5N2O2S. The van der Waals surface area contributed by atoms with Gasteiger partial charge in [0.25, 0.3) is 0 Å². The summed E-state index contributed by atoms with van der Waals surface area (Å²) < 4.78 is 82.2. The molecule has 0 saturated carbocycles. The maximum absolute atomic E-state index is 12.4. The van der Waals surface area contributed by atoms with E-state index in [2.05, 4.69) is 5.73 Å². The number of hydrogen-bond acceptors (Lipinski definition) is 3. The van der Waals surface area contributed by atoms with Crippen LogP contribution in [0.25, 0.3) is 0 Å². The summed E-state index contributed by atoms with van der Waals surface area (Å²) in [7, 11) is -3.86. The second-order valence-corrected chi connectivity index (χ2v) is 4.68. The van der Waals surface area contributed by atoms with Crippen LogP contribution in [0.1, 0.15) is 0 Å². The minimum absolute atomic E-state index is 0.617. The molecule has 0 fully saturated rings. The molecular weight excluding hydrogens is 247 g/mol. The largest absolute Gasteiger partial charge is 0.454 e. The van der Waals surface area contributed by atoms with Gasteiger partial charge in [0.2, 0.25) is 10.0 Å². The highest BCUT2D eigenvalue weighted by Crippen LogP contribution is 2.37. The van der Waals surface area contributed by atoms with E-state index in [1.165, 1.54) is 4.72 Å². The van der Waals surface area contributed by atoms with Crippen molar-refractivity contribution in [1.82, 2.24) is 4.72 Å². The summed E-state index contributed by atoms with van der Waals surface area (Å²) in [6.07, 6.45) is -5.18. The van der Waals surface area contributed by atoms with Crippen LogP contribution in [0.15, 0.2) is 0 Å². The average Bonchev–Trinajstić information content (AvgIpc) is 1.96. The maximum atomic E-state index is 12.4. The molecule has 10 heteroatoms. The zero-order valence-electron chi connectivity index (χ0n) is 7.48. The fraction of sp³-hybridized carbons (Fsp3) is 1.00. The summed E-state index contributed by atoms with van der Waals surface area (Å²) in [5, 5.41) is 0. The van der Waals surface area contributed by atoms with E-state index >= 15 is 0 Å². The normalized spacial score (nSPS) is 16.5. The van der Waals surface area contributed by atoms with Crippen LogP contribution in [-0.4, -0.2) is 39.4 Å². The van der Waals surface area contributed by atoms with E-state index in [9.17, 15) is 30.4 Å². The van der Waals surface area contributed by atoms with Gasteiger partial charge in [-0.15, -0.1) is 0 Å². The fourth-order valence-electron chi connectivity index (χ4n) is 0.580. The SMILES string of the molecule is CS(=O)(=O)NCC(N)C(F)(F)C(F)(F)F. The molecule has 0 saturated heterocycles. The van der Waals surface area contributed by atoms with Crippen molar-refractivity contribution < 1.29 is 30.4 Å². The Morgan fingerprint density at radius 3 is 1.93 bits per heavy atom. The van der Waals surface area contributed by atoms with Crippen molar-refractivity contribution in [3.63, 3.8) is 0 Å². The monoisotopic (exact) mass is 256 g/mol. The van der Waals surface area contributed by atoms with Crippen LogP contribution in [0.4, 0.5) is 22.0 Å². The highest BCUT2D eigenvalue weighted by molar-refractivity contribution is 7.88. The van der Waals surface area contributed by atoms with Gasteiger partial charge in [0.1, 0.15) is 0 Å². The van der Waals surface area contributed by atoms with E-state index in [4.69, 9.17) is 0 Å². The Kier molecular flexibility index (Phi) is 4.05. The Labute approximate surface area is 82.7 Å². The first kappa shape index (κ1) is 14.5. The smallest absolute Gasteiger partial charge is 0.321 e. The molecule has 0 aliphatic heterocycles. The van der Waals surface area contributed by atoms with Crippen LogP contribution >= 0.6 is 0 Å². The zero-order chi connectivity index (χ0) is 12.5. The quantitative estimate of drug-likeness (QED) is 0.699. The van der Waals surface area contributed by atoms with Crippen molar-refractivity contribution in [3.05, 3.63) is 0 Å². The third-order valence-corrected chi connectivity index (χ3v) is 2.10. The Morgan fingerprint density at radius 1 is 1.27 bits per heavy atom. The molecule has 1 atom stereocenters. The Morgan fingerprint density at radius 2 is 1.67 bits per heavy atom. The predicted octanol–water partition coefficient (Wildman–Crippen LogP) is 0.0605. The van der Waals surface area contributed by atoms with E-state index in [1.54, 1.807) is 0 Å². The first-order valence-electron chi connectivity index (χ1n) is 3.52. The van der Waals surface area contributed by atoms with Gasteiger partial charge in [-0.1, -0.05) is 0 Å².